The van der Waals surface area contributed by atoms with Crippen LogP contribution in [0.15, 0.2) is 12.1 Å². The Morgan fingerprint density at radius 1 is 1.43 bits per heavy atom. The van der Waals surface area contributed by atoms with E-state index >= 15 is 0 Å². The number of hydrogen-bond acceptors (Lipinski definition) is 4. The Kier molecular flexibility index (Phi) is 2.81. The molecule has 0 aliphatic rings. The van der Waals surface area contributed by atoms with Gasteiger partial charge in [0.1, 0.15) is 0 Å². The number of carboxylic acid groups (broad SMARTS) is 1. The van der Waals surface area contributed by atoms with Gasteiger partial charge in [-0.1, -0.05) is 0 Å². The number of esters is 1. The fourth-order valence-corrected chi connectivity index (χ4v) is 0.982. The minimum absolute atomic E-state index is 0.151. The fraction of sp³-hybridized carbons (Fsp3) is 0.222. The predicted octanol–water partition coefficient (Wildman–Crippen LogP) is 0.875. The van der Waals surface area contributed by atoms with Crippen molar-refractivity contribution in [2.45, 2.75) is 6.92 Å². The minimum Gasteiger partial charge on any atom is -0.478 e. The number of aromatic carboxylic acids is 1. The summed E-state index contributed by atoms with van der Waals surface area (Å²) in [7, 11) is 1.18. The number of aryl methyl sites for hydroxylation is 1. The quantitative estimate of drug-likeness (QED) is 0.708. The average molecular weight is 195 g/mol. The molecular weight excluding hydrogens is 186 g/mol. The molecule has 0 aliphatic heterocycles. The Hall–Kier alpha value is -1.91. The van der Waals surface area contributed by atoms with Gasteiger partial charge in [0.2, 0.25) is 0 Å². The van der Waals surface area contributed by atoms with E-state index in [-0.39, 0.29) is 11.3 Å². The molecule has 0 radical (unpaired) electrons. The number of hydrogen-bond donors (Lipinski definition) is 1. The number of nitrogens with zero attached hydrogens (tertiary/aromatic N) is 1. The zero-order valence-corrected chi connectivity index (χ0v) is 7.77. The fourth-order valence-electron chi connectivity index (χ4n) is 0.982. The van der Waals surface area contributed by atoms with Crippen LogP contribution < -0.4 is 0 Å². The summed E-state index contributed by atoms with van der Waals surface area (Å²) in [6, 6.07) is 2.85. The number of carboxylic acids is 1. The van der Waals surface area contributed by atoms with Crippen molar-refractivity contribution in [1.82, 2.24) is 4.98 Å². The normalized spacial score (nSPS) is 9.57. The van der Waals surface area contributed by atoms with E-state index in [0.717, 1.165) is 0 Å². The SMILES string of the molecule is COC(=O)c1nc(C)ccc1C(=O)O. The molecular formula is C9H9NO4. The molecule has 5 nitrogen and oxygen atoms in total. The standard InChI is InChI=1S/C9H9NO4/c1-5-3-4-6(8(11)12)7(10-5)9(13)14-2/h3-4H,1-2H3,(H,11,12). The highest BCUT2D eigenvalue weighted by atomic mass is 16.5. The van der Waals surface area contributed by atoms with Gasteiger partial charge in [0.15, 0.2) is 5.69 Å². The molecule has 1 aromatic heterocycles. The van der Waals surface area contributed by atoms with Crippen LogP contribution >= 0.6 is 0 Å². The lowest BCUT2D eigenvalue weighted by molar-refractivity contribution is 0.0575. The Morgan fingerprint density at radius 2 is 2.07 bits per heavy atom. The second-order valence-electron chi connectivity index (χ2n) is 2.65. The number of rotatable bonds is 2. The molecule has 0 spiro atoms. The number of pyridine rings is 1. The van der Waals surface area contributed by atoms with Crippen LogP contribution in [0, 0.1) is 6.92 Å². The average Bonchev–Trinajstić information content (AvgIpc) is 2.16. The first-order valence-electron chi connectivity index (χ1n) is 3.85. The summed E-state index contributed by atoms with van der Waals surface area (Å²) in [5.41, 5.74) is 0.248. The molecule has 0 atom stereocenters. The molecule has 0 fully saturated rings. The molecule has 0 aliphatic carbocycles. The van der Waals surface area contributed by atoms with E-state index in [1.807, 2.05) is 0 Å². The maximum atomic E-state index is 11.1. The van der Waals surface area contributed by atoms with Crippen molar-refractivity contribution in [1.29, 1.82) is 0 Å². The van der Waals surface area contributed by atoms with Crippen molar-refractivity contribution < 1.29 is 19.4 Å². The van der Waals surface area contributed by atoms with Crippen LogP contribution in [-0.2, 0) is 4.74 Å². The highest BCUT2D eigenvalue weighted by molar-refractivity contribution is 6.00. The summed E-state index contributed by atoms with van der Waals surface area (Å²) in [6.07, 6.45) is 0. The molecule has 1 aromatic rings. The summed E-state index contributed by atoms with van der Waals surface area (Å²) in [5, 5.41) is 8.75. The minimum atomic E-state index is -1.20. The number of carbonyl (C=O) groups excluding carboxylic acids is 1. The van der Waals surface area contributed by atoms with Crippen LogP contribution in [0.3, 0.4) is 0 Å². The monoisotopic (exact) mass is 195 g/mol. The first kappa shape index (κ1) is 10.2. The molecule has 0 aromatic carbocycles. The van der Waals surface area contributed by atoms with Gasteiger partial charge in [0.25, 0.3) is 0 Å². The maximum absolute atomic E-state index is 11.1. The van der Waals surface area contributed by atoms with E-state index in [1.54, 1.807) is 6.92 Å². The van der Waals surface area contributed by atoms with Crippen LogP contribution in [-0.4, -0.2) is 29.1 Å². The van der Waals surface area contributed by atoms with E-state index in [1.165, 1.54) is 19.2 Å². The van der Waals surface area contributed by atoms with Crippen molar-refractivity contribution in [3.63, 3.8) is 0 Å². The lowest BCUT2D eigenvalue weighted by atomic mass is 10.2. The van der Waals surface area contributed by atoms with Gasteiger partial charge < -0.3 is 9.84 Å². The molecule has 14 heavy (non-hydrogen) atoms. The van der Waals surface area contributed by atoms with Gasteiger partial charge in [-0.25, -0.2) is 14.6 Å². The molecule has 0 saturated carbocycles. The maximum Gasteiger partial charge on any atom is 0.357 e. The number of aromatic nitrogens is 1. The van der Waals surface area contributed by atoms with Gasteiger partial charge >= 0.3 is 11.9 Å². The third-order valence-corrected chi connectivity index (χ3v) is 1.64. The molecule has 0 saturated heterocycles. The molecule has 0 bridgehead atoms. The van der Waals surface area contributed by atoms with E-state index in [9.17, 15) is 9.59 Å². The van der Waals surface area contributed by atoms with Crippen LogP contribution in [0.4, 0.5) is 0 Å². The van der Waals surface area contributed by atoms with E-state index in [4.69, 9.17) is 5.11 Å². The van der Waals surface area contributed by atoms with Gasteiger partial charge in [-0.2, -0.15) is 0 Å². The molecule has 1 rings (SSSR count). The van der Waals surface area contributed by atoms with Gasteiger partial charge in [-0.3, -0.25) is 0 Å². The number of methoxy groups -OCH3 is 1. The molecule has 74 valence electrons. The van der Waals surface area contributed by atoms with Gasteiger partial charge in [-0.15, -0.1) is 0 Å². The van der Waals surface area contributed by atoms with Gasteiger partial charge in [-0.05, 0) is 19.1 Å². The Balaban J connectivity index is 3.29. The zero-order chi connectivity index (χ0) is 10.7. The van der Waals surface area contributed by atoms with Crippen LogP contribution in [0.2, 0.25) is 0 Å². The molecule has 1 heterocycles. The molecule has 5 heteroatoms. The lowest BCUT2D eigenvalue weighted by Crippen LogP contribution is -2.12. The summed E-state index contributed by atoms with van der Waals surface area (Å²) in [5.74, 6) is -1.94. The highest BCUT2D eigenvalue weighted by Gasteiger charge is 2.18. The summed E-state index contributed by atoms with van der Waals surface area (Å²) in [4.78, 5) is 25.7. The summed E-state index contributed by atoms with van der Waals surface area (Å²) in [6.45, 7) is 1.66. The largest absolute Gasteiger partial charge is 0.478 e. The van der Waals surface area contributed by atoms with Crippen molar-refractivity contribution in [3.05, 3.63) is 29.1 Å². The smallest absolute Gasteiger partial charge is 0.357 e. The van der Waals surface area contributed by atoms with E-state index in [0.29, 0.717) is 5.69 Å². The summed E-state index contributed by atoms with van der Waals surface area (Å²) >= 11 is 0. The second-order valence-corrected chi connectivity index (χ2v) is 2.65. The van der Waals surface area contributed by atoms with Gasteiger partial charge in [0.05, 0.1) is 12.7 Å². The van der Waals surface area contributed by atoms with Crippen LogP contribution in [0.5, 0.6) is 0 Å². The Morgan fingerprint density at radius 3 is 2.57 bits per heavy atom. The number of ether oxygens (including phenoxy) is 1. The zero-order valence-electron chi connectivity index (χ0n) is 7.77. The van der Waals surface area contributed by atoms with Crippen molar-refractivity contribution in [2.24, 2.45) is 0 Å². The molecule has 1 N–H and O–H groups in total. The lowest BCUT2D eigenvalue weighted by Gasteiger charge is -2.03. The Labute approximate surface area is 80.3 Å². The van der Waals surface area contributed by atoms with Crippen molar-refractivity contribution in [2.75, 3.05) is 7.11 Å². The topological polar surface area (TPSA) is 76.5 Å². The van der Waals surface area contributed by atoms with Crippen molar-refractivity contribution in [3.8, 4) is 0 Å². The number of carbonyl (C=O) groups is 2. The predicted molar refractivity (Wildman–Crippen MR) is 47.3 cm³/mol. The third kappa shape index (κ3) is 1.87. The van der Waals surface area contributed by atoms with E-state index < -0.39 is 11.9 Å². The Bertz CT molecular complexity index is 386. The molecule has 0 amide bonds. The second kappa shape index (κ2) is 3.87. The van der Waals surface area contributed by atoms with Crippen LogP contribution in [0.25, 0.3) is 0 Å². The van der Waals surface area contributed by atoms with E-state index in [2.05, 4.69) is 9.72 Å². The summed E-state index contributed by atoms with van der Waals surface area (Å²) < 4.78 is 4.42. The first-order chi connectivity index (χ1) is 6.56. The highest BCUT2D eigenvalue weighted by Crippen LogP contribution is 2.08. The van der Waals surface area contributed by atoms with Crippen molar-refractivity contribution >= 4 is 11.9 Å². The van der Waals surface area contributed by atoms with Gasteiger partial charge in [0, 0.05) is 5.69 Å². The molecule has 0 unspecified atom stereocenters. The first-order valence-corrected chi connectivity index (χ1v) is 3.85. The van der Waals surface area contributed by atoms with Crippen LogP contribution in [0.1, 0.15) is 26.5 Å². The third-order valence-electron chi connectivity index (χ3n) is 1.64.